The van der Waals surface area contributed by atoms with Crippen molar-refractivity contribution in [3.05, 3.63) is 69.6 Å². The molecule has 0 spiro atoms. The second kappa shape index (κ2) is 5.15. The molecule has 22 heavy (non-hydrogen) atoms. The van der Waals surface area contributed by atoms with Crippen LogP contribution in [-0.4, -0.2) is 16.1 Å². The van der Waals surface area contributed by atoms with Crippen molar-refractivity contribution in [3.8, 4) is 11.1 Å². The van der Waals surface area contributed by atoms with Gasteiger partial charge in [-0.05, 0) is 65.8 Å². The van der Waals surface area contributed by atoms with Gasteiger partial charge in [-0.2, -0.15) is 0 Å². The van der Waals surface area contributed by atoms with Gasteiger partial charge in [-0.15, -0.1) is 0 Å². The van der Waals surface area contributed by atoms with Gasteiger partial charge in [0.05, 0.1) is 5.56 Å². The highest BCUT2D eigenvalue weighted by molar-refractivity contribution is 5.92. The molecule has 110 valence electrons. The van der Waals surface area contributed by atoms with Crippen molar-refractivity contribution in [1.29, 1.82) is 0 Å². The lowest BCUT2D eigenvalue weighted by molar-refractivity contribution is 0.0697. The molecule has 2 N–H and O–H groups in total. The summed E-state index contributed by atoms with van der Waals surface area (Å²) in [4.78, 5) is 25.7. The quantitative estimate of drug-likeness (QED) is 0.759. The lowest BCUT2D eigenvalue weighted by atomic mass is 9.95. The van der Waals surface area contributed by atoms with Crippen LogP contribution in [0.15, 0.2) is 47.4 Å². The van der Waals surface area contributed by atoms with Gasteiger partial charge in [-0.25, -0.2) is 4.79 Å². The molecular formula is C18H15NO3. The summed E-state index contributed by atoms with van der Waals surface area (Å²) in [5, 5.41) is 10.7. The van der Waals surface area contributed by atoms with E-state index in [4.69, 9.17) is 5.11 Å². The second-order valence-electron chi connectivity index (χ2n) is 5.40. The summed E-state index contributed by atoms with van der Waals surface area (Å²) in [6.07, 6.45) is 1.69. The Morgan fingerprint density at radius 1 is 1.00 bits per heavy atom. The number of rotatable bonds is 2. The second-order valence-corrected chi connectivity index (χ2v) is 5.40. The number of carboxylic acids is 1. The number of aromatic carboxylic acids is 1. The minimum absolute atomic E-state index is 0.122. The van der Waals surface area contributed by atoms with Gasteiger partial charge in [0, 0.05) is 11.6 Å². The Morgan fingerprint density at radius 2 is 1.77 bits per heavy atom. The summed E-state index contributed by atoms with van der Waals surface area (Å²) < 4.78 is 0. The van der Waals surface area contributed by atoms with E-state index in [2.05, 4.69) is 4.98 Å². The summed E-state index contributed by atoms with van der Waals surface area (Å²) in [7, 11) is 0. The van der Waals surface area contributed by atoms with Crippen LogP contribution in [-0.2, 0) is 0 Å². The van der Waals surface area contributed by atoms with Crippen LogP contribution in [0.2, 0.25) is 0 Å². The standard InChI is InChI=1S/C18H15NO3/c1-10-3-4-13(18(21)22)8-15(10)12-5-6-14-16(7-12)11(2)9-19-17(14)20/h3-9H,1-2H3,(H,19,20)(H,21,22). The summed E-state index contributed by atoms with van der Waals surface area (Å²) in [5.74, 6) is -0.949. The number of benzene rings is 2. The lowest BCUT2D eigenvalue weighted by Crippen LogP contribution is -2.06. The van der Waals surface area contributed by atoms with E-state index >= 15 is 0 Å². The zero-order chi connectivity index (χ0) is 15.9. The largest absolute Gasteiger partial charge is 0.478 e. The van der Waals surface area contributed by atoms with Crippen LogP contribution < -0.4 is 5.56 Å². The zero-order valence-electron chi connectivity index (χ0n) is 12.3. The molecule has 4 nitrogen and oxygen atoms in total. The van der Waals surface area contributed by atoms with E-state index in [-0.39, 0.29) is 11.1 Å². The Hall–Kier alpha value is -2.88. The van der Waals surface area contributed by atoms with Crippen molar-refractivity contribution >= 4 is 16.7 Å². The van der Waals surface area contributed by atoms with Gasteiger partial charge >= 0.3 is 5.97 Å². The van der Waals surface area contributed by atoms with E-state index < -0.39 is 5.97 Å². The van der Waals surface area contributed by atoms with Gasteiger partial charge in [0.25, 0.3) is 5.56 Å². The fraction of sp³-hybridized carbons (Fsp3) is 0.111. The van der Waals surface area contributed by atoms with Crippen LogP contribution >= 0.6 is 0 Å². The van der Waals surface area contributed by atoms with Crippen molar-refractivity contribution in [3.63, 3.8) is 0 Å². The number of carboxylic acid groups (broad SMARTS) is 1. The molecule has 0 aliphatic heterocycles. The molecule has 0 amide bonds. The first kappa shape index (κ1) is 14.1. The summed E-state index contributed by atoms with van der Waals surface area (Å²) in [5.41, 5.74) is 3.87. The third-order valence-corrected chi connectivity index (χ3v) is 3.90. The third kappa shape index (κ3) is 2.29. The number of carbonyl (C=O) groups is 1. The lowest BCUT2D eigenvalue weighted by Gasteiger charge is -2.09. The van der Waals surface area contributed by atoms with Crippen molar-refractivity contribution in [1.82, 2.24) is 4.98 Å². The molecule has 1 heterocycles. The van der Waals surface area contributed by atoms with E-state index in [1.165, 1.54) is 0 Å². The van der Waals surface area contributed by atoms with Crippen molar-refractivity contribution in [2.75, 3.05) is 0 Å². The first-order valence-corrected chi connectivity index (χ1v) is 6.94. The average molecular weight is 293 g/mol. The highest BCUT2D eigenvalue weighted by atomic mass is 16.4. The SMILES string of the molecule is Cc1ccc(C(=O)O)cc1-c1ccc2c(=O)[nH]cc(C)c2c1. The molecule has 0 bridgehead atoms. The summed E-state index contributed by atoms with van der Waals surface area (Å²) >= 11 is 0. The molecule has 0 aliphatic rings. The van der Waals surface area contributed by atoms with Crippen LogP contribution in [0, 0.1) is 13.8 Å². The zero-order valence-corrected chi connectivity index (χ0v) is 12.3. The van der Waals surface area contributed by atoms with E-state index in [1.807, 2.05) is 26.0 Å². The maximum atomic E-state index is 11.9. The van der Waals surface area contributed by atoms with Gasteiger partial charge in [0.15, 0.2) is 0 Å². The fourth-order valence-corrected chi connectivity index (χ4v) is 2.63. The molecule has 3 aromatic rings. The highest BCUT2D eigenvalue weighted by Gasteiger charge is 2.10. The molecule has 0 saturated heterocycles. The van der Waals surface area contributed by atoms with E-state index in [1.54, 1.807) is 30.5 Å². The molecule has 0 radical (unpaired) electrons. The van der Waals surface area contributed by atoms with Crippen molar-refractivity contribution < 1.29 is 9.90 Å². The van der Waals surface area contributed by atoms with Gasteiger partial charge in [-0.1, -0.05) is 12.1 Å². The first-order valence-electron chi connectivity index (χ1n) is 6.94. The van der Waals surface area contributed by atoms with E-state index in [0.29, 0.717) is 5.39 Å². The van der Waals surface area contributed by atoms with E-state index in [9.17, 15) is 9.59 Å². The van der Waals surface area contributed by atoms with Crippen molar-refractivity contribution in [2.24, 2.45) is 0 Å². The molecule has 4 heteroatoms. The molecule has 0 aliphatic carbocycles. The number of fused-ring (bicyclic) bond motifs is 1. The number of hydrogen-bond acceptors (Lipinski definition) is 2. The van der Waals surface area contributed by atoms with Crippen LogP contribution in [0.3, 0.4) is 0 Å². The minimum atomic E-state index is -0.949. The van der Waals surface area contributed by atoms with Crippen molar-refractivity contribution in [2.45, 2.75) is 13.8 Å². The Labute approximate surface area is 127 Å². The average Bonchev–Trinajstić information content (AvgIpc) is 2.51. The number of hydrogen-bond donors (Lipinski definition) is 2. The van der Waals surface area contributed by atoms with Gasteiger partial charge in [0.2, 0.25) is 0 Å². The fourth-order valence-electron chi connectivity index (χ4n) is 2.63. The van der Waals surface area contributed by atoms with E-state index in [0.717, 1.165) is 27.6 Å². The summed E-state index contributed by atoms with van der Waals surface area (Å²) in [6.45, 7) is 3.87. The minimum Gasteiger partial charge on any atom is -0.478 e. The van der Waals surface area contributed by atoms with Crippen LogP contribution in [0.4, 0.5) is 0 Å². The normalized spacial score (nSPS) is 10.8. The number of pyridine rings is 1. The molecule has 0 unspecified atom stereocenters. The summed E-state index contributed by atoms with van der Waals surface area (Å²) in [6, 6.07) is 10.6. The molecule has 0 atom stereocenters. The predicted octanol–water partition coefficient (Wildman–Crippen LogP) is 3.51. The Morgan fingerprint density at radius 3 is 2.50 bits per heavy atom. The molecule has 0 fully saturated rings. The molecule has 1 aromatic heterocycles. The number of aromatic nitrogens is 1. The van der Waals surface area contributed by atoms with Gasteiger partial charge in [-0.3, -0.25) is 4.79 Å². The maximum Gasteiger partial charge on any atom is 0.335 e. The number of aromatic amines is 1. The highest BCUT2D eigenvalue weighted by Crippen LogP contribution is 2.28. The third-order valence-electron chi connectivity index (χ3n) is 3.90. The predicted molar refractivity (Wildman–Crippen MR) is 86.4 cm³/mol. The first-order chi connectivity index (χ1) is 10.5. The van der Waals surface area contributed by atoms with Gasteiger partial charge < -0.3 is 10.1 Å². The molecule has 2 aromatic carbocycles. The Bertz CT molecular complexity index is 954. The number of aryl methyl sites for hydroxylation is 2. The molecule has 0 saturated carbocycles. The maximum absolute atomic E-state index is 11.9. The Balaban J connectivity index is 2.27. The Kier molecular flexibility index (Phi) is 3.29. The van der Waals surface area contributed by atoms with Crippen LogP contribution in [0.1, 0.15) is 21.5 Å². The van der Waals surface area contributed by atoms with Crippen LogP contribution in [0.5, 0.6) is 0 Å². The smallest absolute Gasteiger partial charge is 0.335 e. The molecule has 3 rings (SSSR count). The van der Waals surface area contributed by atoms with Crippen LogP contribution in [0.25, 0.3) is 21.9 Å². The molecular weight excluding hydrogens is 278 g/mol. The number of H-pyrrole nitrogens is 1. The number of nitrogens with one attached hydrogen (secondary N) is 1. The topological polar surface area (TPSA) is 70.2 Å². The van der Waals surface area contributed by atoms with Gasteiger partial charge in [0.1, 0.15) is 0 Å². The monoisotopic (exact) mass is 293 g/mol.